The Balaban J connectivity index is 1.66. The summed E-state index contributed by atoms with van der Waals surface area (Å²) in [6, 6.07) is 1.40. The summed E-state index contributed by atoms with van der Waals surface area (Å²) in [7, 11) is 0. The second-order valence-electron chi connectivity index (χ2n) is 5.73. The van der Waals surface area contributed by atoms with E-state index in [0.29, 0.717) is 30.6 Å². The van der Waals surface area contributed by atoms with Gasteiger partial charge in [0.05, 0.1) is 12.5 Å². The summed E-state index contributed by atoms with van der Waals surface area (Å²) < 4.78 is 0. The van der Waals surface area contributed by atoms with Gasteiger partial charge in [-0.2, -0.15) is 0 Å². The molecule has 17 heavy (non-hydrogen) atoms. The van der Waals surface area contributed by atoms with Gasteiger partial charge >= 0.3 is 0 Å². The van der Waals surface area contributed by atoms with Crippen LogP contribution in [0.15, 0.2) is 0 Å². The molecule has 0 aromatic heterocycles. The van der Waals surface area contributed by atoms with Crippen LogP contribution in [0, 0.1) is 5.92 Å². The maximum absolute atomic E-state index is 12.5. The zero-order valence-corrected chi connectivity index (χ0v) is 10.3. The number of nitrogens with one attached hydrogen (secondary N) is 1. The molecule has 96 valence electrons. The van der Waals surface area contributed by atoms with Gasteiger partial charge in [0.1, 0.15) is 0 Å². The zero-order valence-electron chi connectivity index (χ0n) is 10.3. The number of carbonyl (C=O) groups excluding carboxylic acids is 1. The molecule has 0 aromatic carbocycles. The molecule has 1 aliphatic carbocycles. The lowest BCUT2D eigenvalue weighted by Gasteiger charge is -2.39. The molecule has 2 aliphatic heterocycles. The average Bonchev–Trinajstić information content (AvgIpc) is 2.86. The lowest BCUT2D eigenvalue weighted by Crippen LogP contribution is -2.50. The molecule has 2 heterocycles. The first-order chi connectivity index (χ1) is 8.29. The summed E-state index contributed by atoms with van der Waals surface area (Å²) >= 11 is 0. The smallest absolute Gasteiger partial charge is 0.227 e. The molecule has 3 fully saturated rings. The summed E-state index contributed by atoms with van der Waals surface area (Å²) in [5, 5.41) is 12.6. The normalized spacial score (nSPS) is 35.9. The van der Waals surface area contributed by atoms with Gasteiger partial charge in [0.2, 0.25) is 5.91 Å². The molecule has 4 nitrogen and oxygen atoms in total. The SMILES string of the molecule is O=C(C1CC2CCC1N2)N(CCO)C1CCC1. The Labute approximate surface area is 102 Å². The van der Waals surface area contributed by atoms with Crippen molar-refractivity contribution in [1.82, 2.24) is 10.2 Å². The van der Waals surface area contributed by atoms with Gasteiger partial charge in [0.15, 0.2) is 0 Å². The Bertz CT molecular complexity index is 304. The maximum Gasteiger partial charge on any atom is 0.227 e. The van der Waals surface area contributed by atoms with E-state index in [1.54, 1.807) is 0 Å². The summed E-state index contributed by atoms with van der Waals surface area (Å²) in [5.74, 6) is 0.476. The molecule has 1 saturated carbocycles. The average molecular weight is 238 g/mol. The van der Waals surface area contributed by atoms with Crippen molar-refractivity contribution >= 4 is 5.91 Å². The predicted molar refractivity (Wildman–Crippen MR) is 64.5 cm³/mol. The van der Waals surface area contributed by atoms with Crippen LogP contribution in [0.2, 0.25) is 0 Å². The van der Waals surface area contributed by atoms with Gasteiger partial charge in [0, 0.05) is 24.7 Å². The van der Waals surface area contributed by atoms with Gasteiger partial charge in [0.25, 0.3) is 0 Å². The minimum Gasteiger partial charge on any atom is -0.395 e. The van der Waals surface area contributed by atoms with Crippen LogP contribution in [0.25, 0.3) is 0 Å². The third kappa shape index (κ3) is 1.97. The first kappa shape index (κ1) is 11.5. The van der Waals surface area contributed by atoms with Crippen molar-refractivity contribution in [1.29, 1.82) is 0 Å². The van der Waals surface area contributed by atoms with Crippen molar-refractivity contribution in [2.45, 2.75) is 56.7 Å². The number of aliphatic hydroxyl groups is 1. The highest BCUT2D eigenvalue weighted by molar-refractivity contribution is 5.80. The van der Waals surface area contributed by atoms with Gasteiger partial charge in [-0.15, -0.1) is 0 Å². The predicted octanol–water partition coefficient (Wildman–Crippen LogP) is 0.500. The summed E-state index contributed by atoms with van der Waals surface area (Å²) in [4.78, 5) is 14.5. The van der Waals surface area contributed by atoms with Crippen molar-refractivity contribution in [3.63, 3.8) is 0 Å². The van der Waals surface area contributed by atoms with Gasteiger partial charge in [-0.05, 0) is 38.5 Å². The van der Waals surface area contributed by atoms with E-state index in [2.05, 4.69) is 5.32 Å². The van der Waals surface area contributed by atoms with Crippen LogP contribution in [-0.2, 0) is 4.79 Å². The molecule has 2 N–H and O–H groups in total. The number of hydrogen-bond donors (Lipinski definition) is 2. The minimum atomic E-state index is 0.0937. The molecule has 0 spiro atoms. The lowest BCUT2D eigenvalue weighted by atomic mass is 9.85. The van der Waals surface area contributed by atoms with Crippen LogP contribution in [0.5, 0.6) is 0 Å². The Morgan fingerprint density at radius 1 is 1.29 bits per heavy atom. The monoisotopic (exact) mass is 238 g/mol. The number of rotatable bonds is 4. The van der Waals surface area contributed by atoms with E-state index in [1.807, 2.05) is 4.90 Å². The Hall–Kier alpha value is -0.610. The third-order valence-corrected chi connectivity index (χ3v) is 4.76. The standard InChI is InChI=1S/C13H22N2O2/c16-7-6-15(10-2-1-3-10)13(17)11-8-9-4-5-12(11)14-9/h9-12,14,16H,1-8H2. The first-order valence-electron chi connectivity index (χ1n) is 6.97. The molecule has 0 radical (unpaired) electrons. The topological polar surface area (TPSA) is 52.6 Å². The molecular formula is C13H22N2O2. The molecule has 3 unspecified atom stereocenters. The maximum atomic E-state index is 12.5. The van der Waals surface area contributed by atoms with Crippen LogP contribution in [-0.4, -0.2) is 47.2 Å². The van der Waals surface area contributed by atoms with E-state index in [9.17, 15) is 4.79 Å². The number of fused-ring (bicyclic) bond motifs is 2. The van der Waals surface area contributed by atoms with Crippen LogP contribution >= 0.6 is 0 Å². The molecule has 3 atom stereocenters. The van der Waals surface area contributed by atoms with Crippen molar-refractivity contribution in [3.8, 4) is 0 Å². The van der Waals surface area contributed by atoms with Crippen LogP contribution in [0.4, 0.5) is 0 Å². The van der Waals surface area contributed by atoms with E-state index >= 15 is 0 Å². The minimum absolute atomic E-state index is 0.0937. The summed E-state index contributed by atoms with van der Waals surface area (Å²) in [6.07, 6.45) is 6.88. The lowest BCUT2D eigenvalue weighted by molar-refractivity contribution is -0.141. The molecule has 1 amide bonds. The second-order valence-corrected chi connectivity index (χ2v) is 5.73. The largest absolute Gasteiger partial charge is 0.395 e. The molecule has 4 heteroatoms. The van der Waals surface area contributed by atoms with Crippen molar-refractivity contribution in [2.24, 2.45) is 5.92 Å². The molecule has 2 saturated heterocycles. The fourth-order valence-electron chi connectivity index (χ4n) is 3.59. The first-order valence-corrected chi connectivity index (χ1v) is 6.97. The van der Waals surface area contributed by atoms with Crippen molar-refractivity contribution < 1.29 is 9.90 Å². The van der Waals surface area contributed by atoms with E-state index in [0.717, 1.165) is 25.7 Å². The number of aliphatic hydroxyl groups excluding tert-OH is 1. The molecule has 3 aliphatic rings. The van der Waals surface area contributed by atoms with E-state index in [4.69, 9.17) is 5.11 Å². The van der Waals surface area contributed by atoms with Gasteiger partial charge in [-0.3, -0.25) is 4.79 Å². The van der Waals surface area contributed by atoms with Crippen LogP contribution in [0.1, 0.15) is 38.5 Å². The van der Waals surface area contributed by atoms with Gasteiger partial charge in [-0.1, -0.05) is 0 Å². The molecular weight excluding hydrogens is 216 g/mol. The van der Waals surface area contributed by atoms with E-state index in [-0.39, 0.29) is 12.5 Å². The quantitative estimate of drug-likeness (QED) is 0.750. The fraction of sp³-hybridized carbons (Fsp3) is 0.923. The van der Waals surface area contributed by atoms with Gasteiger partial charge < -0.3 is 15.3 Å². The highest BCUT2D eigenvalue weighted by atomic mass is 16.3. The van der Waals surface area contributed by atoms with Crippen molar-refractivity contribution in [2.75, 3.05) is 13.2 Å². The third-order valence-electron chi connectivity index (χ3n) is 4.76. The van der Waals surface area contributed by atoms with Crippen LogP contribution in [0.3, 0.4) is 0 Å². The summed E-state index contributed by atoms with van der Waals surface area (Å²) in [6.45, 7) is 0.619. The Morgan fingerprint density at radius 2 is 2.12 bits per heavy atom. The highest BCUT2D eigenvalue weighted by Crippen LogP contribution is 2.36. The number of hydrogen-bond acceptors (Lipinski definition) is 3. The van der Waals surface area contributed by atoms with Crippen LogP contribution < -0.4 is 5.32 Å². The summed E-state index contributed by atoms with van der Waals surface area (Å²) in [5.41, 5.74) is 0. The number of amides is 1. The van der Waals surface area contributed by atoms with E-state index < -0.39 is 0 Å². The number of carbonyl (C=O) groups is 1. The Morgan fingerprint density at radius 3 is 2.59 bits per heavy atom. The highest BCUT2D eigenvalue weighted by Gasteiger charge is 2.45. The number of nitrogens with zero attached hydrogens (tertiary/aromatic N) is 1. The van der Waals surface area contributed by atoms with Crippen molar-refractivity contribution in [3.05, 3.63) is 0 Å². The Kier molecular flexibility index (Phi) is 3.09. The molecule has 0 aromatic rings. The zero-order chi connectivity index (χ0) is 11.8. The molecule has 3 rings (SSSR count). The fourth-order valence-corrected chi connectivity index (χ4v) is 3.59. The van der Waals surface area contributed by atoms with E-state index in [1.165, 1.54) is 12.8 Å². The second kappa shape index (κ2) is 4.58. The molecule has 2 bridgehead atoms. The van der Waals surface area contributed by atoms with Gasteiger partial charge in [-0.25, -0.2) is 0 Å².